The molecule has 1 aromatic carbocycles. The summed E-state index contributed by atoms with van der Waals surface area (Å²) >= 11 is 0. The van der Waals surface area contributed by atoms with Crippen LogP contribution in [0.4, 0.5) is 0 Å². The smallest absolute Gasteiger partial charge is 0.310 e. The van der Waals surface area contributed by atoms with Crippen LogP contribution in [-0.2, 0) is 20.7 Å². The molecule has 1 aromatic rings. The minimum Gasteiger partial charge on any atom is -0.493 e. The van der Waals surface area contributed by atoms with Crippen LogP contribution in [0.2, 0.25) is 0 Å². The third-order valence-corrected chi connectivity index (χ3v) is 5.06. The van der Waals surface area contributed by atoms with Gasteiger partial charge in [-0.3, -0.25) is 9.59 Å². The van der Waals surface area contributed by atoms with E-state index >= 15 is 0 Å². The average molecular weight is 374 g/mol. The summed E-state index contributed by atoms with van der Waals surface area (Å²) in [7, 11) is 4.66. The quantitative estimate of drug-likeness (QED) is 0.681. The van der Waals surface area contributed by atoms with E-state index in [0.29, 0.717) is 29.9 Å². The van der Waals surface area contributed by atoms with Gasteiger partial charge in [-0.1, -0.05) is 25.3 Å². The number of nitriles is 1. The van der Waals surface area contributed by atoms with E-state index in [1.165, 1.54) is 19.1 Å². The summed E-state index contributed by atoms with van der Waals surface area (Å²) in [6.45, 7) is -0.369. The van der Waals surface area contributed by atoms with Gasteiger partial charge in [0.25, 0.3) is 5.91 Å². The van der Waals surface area contributed by atoms with E-state index in [0.717, 1.165) is 19.3 Å². The van der Waals surface area contributed by atoms with Crippen LogP contribution >= 0.6 is 0 Å². The Morgan fingerprint density at radius 3 is 2.41 bits per heavy atom. The van der Waals surface area contributed by atoms with Gasteiger partial charge in [0.05, 0.1) is 26.7 Å². The van der Waals surface area contributed by atoms with Crippen molar-refractivity contribution in [3.05, 3.63) is 23.8 Å². The minimum atomic E-state index is -0.787. The minimum absolute atomic E-state index is 0.0146. The first-order valence-electron chi connectivity index (χ1n) is 9.00. The van der Waals surface area contributed by atoms with Gasteiger partial charge in [0.15, 0.2) is 18.1 Å². The second kappa shape index (κ2) is 9.26. The lowest BCUT2D eigenvalue weighted by Crippen LogP contribution is -2.51. The molecule has 1 amide bonds. The molecule has 146 valence electrons. The van der Waals surface area contributed by atoms with Gasteiger partial charge in [-0.15, -0.1) is 0 Å². The summed E-state index contributed by atoms with van der Waals surface area (Å²) in [6, 6.07) is 7.43. The molecule has 0 unspecified atom stereocenters. The van der Waals surface area contributed by atoms with E-state index in [4.69, 9.17) is 14.2 Å². The van der Waals surface area contributed by atoms with E-state index in [1.54, 1.807) is 25.2 Å². The first-order chi connectivity index (χ1) is 13.0. The molecule has 1 aliphatic rings. The lowest BCUT2D eigenvalue weighted by molar-refractivity contribution is -0.153. The summed E-state index contributed by atoms with van der Waals surface area (Å²) < 4.78 is 15.5. The zero-order chi connectivity index (χ0) is 19.9. The molecule has 7 heteroatoms. The highest BCUT2D eigenvalue weighted by Crippen LogP contribution is 2.32. The lowest BCUT2D eigenvalue weighted by atomic mass is 9.81. The molecule has 0 radical (unpaired) electrons. The summed E-state index contributed by atoms with van der Waals surface area (Å²) in [5, 5.41) is 9.55. The van der Waals surface area contributed by atoms with Gasteiger partial charge in [0.1, 0.15) is 5.54 Å². The van der Waals surface area contributed by atoms with Crippen LogP contribution < -0.4 is 9.47 Å². The van der Waals surface area contributed by atoms with E-state index in [9.17, 15) is 14.9 Å². The fourth-order valence-corrected chi connectivity index (χ4v) is 3.34. The van der Waals surface area contributed by atoms with Crippen LogP contribution in [0.1, 0.15) is 37.7 Å². The number of carbonyl (C=O) groups is 2. The van der Waals surface area contributed by atoms with Crippen LogP contribution in [0.25, 0.3) is 0 Å². The normalized spacial score (nSPS) is 15.3. The Kier molecular flexibility index (Phi) is 7.05. The molecule has 2 rings (SSSR count). The largest absolute Gasteiger partial charge is 0.493 e. The number of nitrogens with zero attached hydrogens (tertiary/aromatic N) is 2. The Morgan fingerprint density at radius 1 is 1.15 bits per heavy atom. The van der Waals surface area contributed by atoms with Gasteiger partial charge in [0.2, 0.25) is 0 Å². The number of hydrogen-bond acceptors (Lipinski definition) is 6. The molecule has 0 aliphatic heterocycles. The van der Waals surface area contributed by atoms with E-state index in [-0.39, 0.29) is 18.9 Å². The van der Waals surface area contributed by atoms with Crippen molar-refractivity contribution in [2.24, 2.45) is 0 Å². The number of methoxy groups -OCH3 is 2. The van der Waals surface area contributed by atoms with Crippen LogP contribution in [0.3, 0.4) is 0 Å². The molecule has 1 fully saturated rings. The van der Waals surface area contributed by atoms with Crippen molar-refractivity contribution in [3.63, 3.8) is 0 Å². The van der Waals surface area contributed by atoms with Gasteiger partial charge in [0, 0.05) is 7.05 Å². The Labute approximate surface area is 159 Å². The maximum Gasteiger partial charge on any atom is 0.310 e. The number of rotatable bonds is 7. The summed E-state index contributed by atoms with van der Waals surface area (Å²) in [4.78, 5) is 25.9. The molecule has 7 nitrogen and oxygen atoms in total. The molecule has 27 heavy (non-hydrogen) atoms. The number of benzene rings is 1. The molecule has 0 spiro atoms. The Hall–Kier alpha value is -2.75. The zero-order valence-electron chi connectivity index (χ0n) is 16.1. The third-order valence-electron chi connectivity index (χ3n) is 5.06. The number of ether oxygens (including phenoxy) is 3. The van der Waals surface area contributed by atoms with Crippen molar-refractivity contribution in [2.75, 3.05) is 27.9 Å². The number of carbonyl (C=O) groups excluding carboxylic acids is 2. The highest BCUT2D eigenvalue weighted by molar-refractivity contribution is 5.82. The molecule has 0 atom stereocenters. The van der Waals surface area contributed by atoms with Gasteiger partial charge < -0.3 is 19.1 Å². The molecule has 1 saturated carbocycles. The Morgan fingerprint density at radius 2 is 1.81 bits per heavy atom. The maximum absolute atomic E-state index is 12.4. The van der Waals surface area contributed by atoms with Crippen molar-refractivity contribution < 1.29 is 23.8 Å². The third kappa shape index (κ3) is 4.91. The predicted octanol–water partition coefficient (Wildman–Crippen LogP) is 2.47. The summed E-state index contributed by atoms with van der Waals surface area (Å²) in [5.74, 6) is 0.213. The van der Waals surface area contributed by atoms with Crippen molar-refractivity contribution in [2.45, 2.75) is 44.1 Å². The highest BCUT2D eigenvalue weighted by Gasteiger charge is 2.38. The topological polar surface area (TPSA) is 88.9 Å². The highest BCUT2D eigenvalue weighted by atomic mass is 16.5. The average Bonchev–Trinajstić information content (AvgIpc) is 2.71. The van der Waals surface area contributed by atoms with Gasteiger partial charge in [-0.05, 0) is 30.5 Å². The second-order valence-electron chi connectivity index (χ2n) is 6.68. The van der Waals surface area contributed by atoms with Crippen LogP contribution in [0.5, 0.6) is 11.5 Å². The Balaban J connectivity index is 1.91. The second-order valence-corrected chi connectivity index (χ2v) is 6.68. The fraction of sp³-hybridized carbons (Fsp3) is 0.550. The van der Waals surface area contributed by atoms with E-state index < -0.39 is 11.5 Å². The monoisotopic (exact) mass is 374 g/mol. The summed E-state index contributed by atoms with van der Waals surface area (Å²) in [6.07, 6.45) is 4.25. The predicted molar refractivity (Wildman–Crippen MR) is 98.4 cm³/mol. The number of likely N-dealkylation sites (N-methyl/N-ethyl adjacent to an activating group) is 1. The SMILES string of the molecule is COc1ccc(CC(=O)OCC(=O)N(C)C2(C#N)CCCCC2)cc1OC. The van der Waals surface area contributed by atoms with Gasteiger partial charge >= 0.3 is 5.97 Å². The van der Waals surface area contributed by atoms with Crippen molar-refractivity contribution in [3.8, 4) is 17.6 Å². The molecule has 0 N–H and O–H groups in total. The number of hydrogen-bond donors (Lipinski definition) is 0. The van der Waals surface area contributed by atoms with Crippen LogP contribution in [0.15, 0.2) is 18.2 Å². The van der Waals surface area contributed by atoms with Crippen molar-refractivity contribution in [1.29, 1.82) is 5.26 Å². The van der Waals surface area contributed by atoms with Gasteiger partial charge in [-0.2, -0.15) is 5.26 Å². The Bertz CT molecular complexity index is 720. The van der Waals surface area contributed by atoms with Crippen LogP contribution in [0, 0.1) is 11.3 Å². The molecular weight excluding hydrogens is 348 g/mol. The first-order valence-corrected chi connectivity index (χ1v) is 9.00. The van der Waals surface area contributed by atoms with E-state index in [1.807, 2.05) is 0 Å². The van der Waals surface area contributed by atoms with Crippen molar-refractivity contribution in [1.82, 2.24) is 4.90 Å². The van der Waals surface area contributed by atoms with Gasteiger partial charge in [-0.25, -0.2) is 0 Å². The molecule has 0 aromatic heterocycles. The first kappa shape index (κ1) is 20.6. The maximum atomic E-state index is 12.4. The molecule has 0 saturated heterocycles. The number of esters is 1. The standard InChI is InChI=1S/C20H26N2O5/c1-22(20(14-21)9-5-4-6-10-20)18(23)13-27-19(24)12-15-7-8-16(25-2)17(11-15)26-3/h7-8,11H,4-6,9-10,12-13H2,1-3H3. The zero-order valence-corrected chi connectivity index (χ0v) is 16.1. The molecule has 0 bridgehead atoms. The molecule has 0 heterocycles. The molecular formula is C20H26N2O5. The van der Waals surface area contributed by atoms with Crippen LogP contribution in [-0.4, -0.2) is 50.2 Å². The summed E-state index contributed by atoms with van der Waals surface area (Å²) in [5.41, 5.74) is -0.0929. The lowest BCUT2D eigenvalue weighted by Gasteiger charge is -2.38. The number of amides is 1. The van der Waals surface area contributed by atoms with Crippen molar-refractivity contribution >= 4 is 11.9 Å². The van der Waals surface area contributed by atoms with E-state index in [2.05, 4.69) is 6.07 Å². The fourth-order valence-electron chi connectivity index (χ4n) is 3.34. The molecule has 1 aliphatic carbocycles.